The molecule has 1 heterocycles. The van der Waals surface area contributed by atoms with Crippen molar-refractivity contribution in [3.63, 3.8) is 0 Å². The van der Waals surface area contributed by atoms with Crippen LogP contribution < -0.4 is 0 Å². The standard InChI is InChI=1S/C25H19N3/c1-28-23(17-22(18-26)19-11-5-2-6-12-19)27-24(20-13-7-3-8-14-20)25(28)21-15-9-4-10-16-21/h2-17H,1H3/b22-17+. The van der Waals surface area contributed by atoms with E-state index in [-0.39, 0.29) is 0 Å². The minimum atomic E-state index is 0.591. The highest BCUT2D eigenvalue weighted by Crippen LogP contribution is 2.33. The molecule has 0 fully saturated rings. The van der Waals surface area contributed by atoms with Crippen LogP contribution in [-0.4, -0.2) is 9.55 Å². The van der Waals surface area contributed by atoms with Crippen molar-refractivity contribution < 1.29 is 0 Å². The van der Waals surface area contributed by atoms with Gasteiger partial charge in [0.2, 0.25) is 0 Å². The topological polar surface area (TPSA) is 41.6 Å². The highest BCUT2D eigenvalue weighted by atomic mass is 15.1. The molecule has 4 aromatic rings. The molecule has 4 rings (SSSR count). The highest BCUT2D eigenvalue weighted by Gasteiger charge is 2.17. The molecule has 0 aliphatic heterocycles. The molecule has 28 heavy (non-hydrogen) atoms. The summed E-state index contributed by atoms with van der Waals surface area (Å²) in [5.74, 6) is 0.748. The van der Waals surface area contributed by atoms with Crippen molar-refractivity contribution in [2.24, 2.45) is 7.05 Å². The first-order chi connectivity index (χ1) is 13.8. The number of imidazole rings is 1. The zero-order chi connectivity index (χ0) is 19.3. The van der Waals surface area contributed by atoms with Gasteiger partial charge in [0.25, 0.3) is 0 Å². The van der Waals surface area contributed by atoms with Crippen LogP contribution in [-0.2, 0) is 7.05 Å². The summed E-state index contributed by atoms with van der Waals surface area (Å²) in [5, 5.41) is 9.69. The lowest BCUT2D eigenvalue weighted by molar-refractivity contribution is 0.905. The number of nitrogens with zero attached hydrogens (tertiary/aromatic N) is 3. The Hall–Kier alpha value is -3.90. The number of hydrogen-bond donors (Lipinski definition) is 0. The molecular weight excluding hydrogens is 342 g/mol. The van der Waals surface area contributed by atoms with Crippen LogP contribution in [0.1, 0.15) is 11.4 Å². The molecule has 0 aliphatic rings. The highest BCUT2D eigenvalue weighted by molar-refractivity contribution is 5.90. The average molecular weight is 361 g/mol. The first-order valence-electron chi connectivity index (χ1n) is 9.12. The van der Waals surface area contributed by atoms with E-state index in [0.717, 1.165) is 33.9 Å². The van der Waals surface area contributed by atoms with Gasteiger partial charge in [-0.1, -0.05) is 91.0 Å². The second-order valence-corrected chi connectivity index (χ2v) is 6.49. The lowest BCUT2D eigenvalue weighted by Crippen LogP contribution is -1.96. The van der Waals surface area contributed by atoms with Gasteiger partial charge in [-0.25, -0.2) is 4.98 Å². The Bertz CT molecular complexity index is 1150. The second kappa shape index (κ2) is 7.77. The fraction of sp³-hybridized carbons (Fsp3) is 0.0400. The molecule has 1 aromatic heterocycles. The molecule has 0 aliphatic carbocycles. The predicted molar refractivity (Wildman–Crippen MR) is 114 cm³/mol. The molecular formula is C25H19N3. The Morgan fingerprint density at radius 3 is 1.93 bits per heavy atom. The third-order valence-electron chi connectivity index (χ3n) is 4.70. The summed E-state index contributed by atoms with van der Waals surface area (Å²) >= 11 is 0. The Morgan fingerprint density at radius 1 is 0.821 bits per heavy atom. The molecule has 0 atom stereocenters. The Kier molecular flexibility index (Phi) is 4.86. The molecule has 0 N–H and O–H groups in total. The summed E-state index contributed by atoms with van der Waals surface area (Å²) in [6.45, 7) is 0. The van der Waals surface area contributed by atoms with Gasteiger partial charge in [-0.05, 0) is 11.6 Å². The molecule has 134 valence electrons. The number of nitriles is 1. The number of allylic oxidation sites excluding steroid dienone is 1. The molecule has 0 radical (unpaired) electrons. The summed E-state index contributed by atoms with van der Waals surface area (Å²) in [7, 11) is 1.99. The van der Waals surface area contributed by atoms with E-state index >= 15 is 0 Å². The summed E-state index contributed by atoms with van der Waals surface area (Å²) in [6.07, 6.45) is 1.86. The monoisotopic (exact) mass is 361 g/mol. The quantitative estimate of drug-likeness (QED) is 0.430. The first-order valence-corrected chi connectivity index (χ1v) is 9.12. The lowest BCUT2D eigenvalue weighted by atomic mass is 10.1. The SMILES string of the molecule is Cn1c(/C=C(\C#N)c2ccccc2)nc(-c2ccccc2)c1-c1ccccc1. The lowest BCUT2D eigenvalue weighted by Gasteiger charge is -2.07. The third kappa shape index (κ3) is 3.36. The van der Waals surface area contributed by atoms with Gasteiger partial charge in [0.1, 0.15) is 5.82 Å². The van der Waals surface area contributed by atoms with Crippen molar-refractivity contribution in [1.82, 2.24) is 9.55 Å². The molecule has 0 unspecified atom stereocenters. The molecule has 0 saturated heterocycles. The zero-order valence-corrected chi connectivity index (χ0v) is 15.6. The summed E-state index contributed by atoms with van der Waals surface area (Å²) in [6, 6.07) is 32.4. The molecule has 0 bridgehead atoms. The van der Waals surface area contributed by atoms with Gasteiger partial charge >= 0.3 is 0 Å². The predicted octanol–water partition coefficient (Wildman–Crippen LogP) is 5.82. The van der Waals surface area contributed by atoms with Gasteiger partial charge in [0.15, 0.2) is 0 Å². The maximum atomic E-state index is 9.69. The number of rotatable bonds is 4. The second-order valence-electron chi connectivity index (χ2n) is 6.49. The van der Waals surface area contributed by atoms with E-state index in [4.69, 9.17) is 4.98 Å². The summed E-state index contributed by atoms with van der Waals surface area (Å²) in [5.41, 5.74) is 5.56. The fourth-order valence-corrected chi connectivity index (χ4v) is 3.30. The zero-order valence-electron chi connectivity index (χ0n) is 15.6. The van der Waals surface area contributed by atoms with E-state index in [9.17, 15) is 5.26 Å². The summed E-state index contributed by atoms with van der Waals surface area (Å²) in [4.78, 5) is 4.91. The van der Waals surface area contributed by atoms with Crippen molar-refractivity contribution in [3.8, 4) is 28.6 Å². The van der Waals surface area contributed by atoms with Crippen LogP contribution in [0.4, 0.5) is 0 Å². The molecule has 3 nitrogen and oxygen atoms in total. The minimum Gasteiger partial charge on any atom is -0.327 e. The van der Waals surface area contributed by atoms with Gasteiger partial charge in [-0.15, -0.1) is 0 Å². The number of benzene rings is 3. The van der Waals surface area contributed by atoms with Gasteiger partial charge in [0, 0.05) is 18.2 Å². The van der Waals surface area contributed by atoms with Gasteiger partial charge < -0.3 is 4.57 Å². The number of hydrogen-bond acceptors (Lipinski definition) is 2. The van der Waals surface area contributed by atoms with Crippen molar-refractivity contribution in [2.75, 3.05) is 0 Å². The van der Waals surface area contributed by atoms with E-state index < -0.39 is 0 Å². The smallest absolute Gasteiger partial charge is 0.134 e. The van der Waals surface area contributed by atoms with E-state index in [2.05, 4.69) is 34.9 Å². The van der Waals surface area contributed by atoms with E-state index in [1.807, 2.05) is 79.9 Å². The van der Waals surface area contributed by atoms with Crippen molar-refractivity contribution >= 4 is 11.6 Å². The Balaban J connectivity index is 1.92. The van der Waals surface area contributed by atoms with Crippen LogP contribution in [0, 0.1) is 11.3 Å². The van der Waals surface area contributed by atoms with Crippen LogP contribution >= 0.6 is 0 Å². The molecule has 0 spiro atoms. The van der Waals surface area contributed by atoms with Crippen molar-refractivity contribution in [2.45, 2.75) is 0 Å². The fourth-order valence-electron chi connectivity index (χ4n) is 3.30. The Labute approximate surface area is 164 Å². The van der Waals surface area contributed by atoms with Gasteiger partial charge in [0.05, 0.1) is 23.0 Å². The maximum Gasteiger partial charge on any atom is 0.134 e. The maximum absolute atomic E-state index is 9.69. The van der Waals surface area contributed by atoms with E-state index in [0.29, 0.717) is 5.57 Å². The normalized spacial score (nSPS) is 11.2. The largest absolute Gasteiger partial charge is 0.327 e. The van der Waals surface area contributed by atoms with Gasteiger partial charge in [-0.2, -0.15) is 5.26 Å². The Morgan fingerprint density at radius 2 is 1.36 bits per heavy atom. The third-order valence-corrected chi connectivity index (χ3v) is 4.70. The van der Waals surface area contributed by atoms with Crippen LogP contribution in [0.3, 0.4) is 0 Å². The minimum absolute atomic E-state index is 0.591. The molecule has 3 heteroatoms. The average Bonchev–Trinajstić information content (AvgIpc) is 3.10. The first kappa shape index (κ1) is 17.5. The van der Waals surface area contributed by atoms with Crippen molar-refractivity contribution in [3.05, 3.63) is 102 Å². The van der Waals surface area contributed by atoms with Crippen molar-refractivity contribution in [1.29, 1.82) is 5.26 Å². The molecule has 0 amide bonds. The molecule has 0 saturated carbocycles. The van der Waals surface area contributed by atoms with Gasteiger partial charge in [-0.3, -0.25) is 0 Å². The van der Waals surface area contributed by atoms with Crippen LogP contribution in [0.2, 0.25) is 0 Å². The van der Waals surface area contributed by atoms with Crippen LogP contribution in [0.15, 0.2) is 91.0 Å². The van der Waals surface area contributed by atoms with E-state index in [1.54, 1.807) is 0 Å². The number of aromatic nitrogens is 2. The van der Waals surface area contributed by atoms with Crippen LogP contribution in [0.5, 0.6) is 0 Å². The van der Waals surface area contributed by atoms with E-state index in [1.165, 1.54) is 0 Å². The van der Waals surface area contributed by atoms with Crippen LogP contribution in [0.25, 0.3) is 34.2 Å². The summed E-state index contributed by atoms with van der Waals surface area (Å²) < 4.78 is 2.05. The molecule has 3 aromatic carbocycles.